The Bertz CT molecular complexity index is 1210. The number of para-hydroxylation sites is 2. The van der Waals surface area contributed by atoms with E-state index in [0.717, 1.165) is 11.1 Å². The van der Waals surface area contributed by atoms with Gasteiger partial charge in [0.25, 0.3) is 5.89 Å². The molecule has 4 aromatic rings. The number of carbonyl (C=O) groups is 1. The molecule has 0 atom stereocenters. The van der Waals surface area contributed by atoms with Gasteiger partial charge in [0, 0.05) is 11.1 Å². The minimum atomic E-state index is -0.625. The Hall–Kier alpha value is -4.20. The number of rotatable bonds is 6. The van der Waals surface area contributed by atoms with Gasteiger partial charge in [0.05, 0.1) is 0 Å². The van der Waals surface area contributed by atoms with Gasteiger partial charge in [0.15, 0.2) is 13.2 Å². The number of ether oxygens (including phenoxy) is 3. The van der Waals surface area contributed by atoms with E-state index in [1.165, 1.54) is 24.3 Å². The standard InChI is InChI=1S/C24H17FN2O5/c25-15-9-11-16(12-10-15)29-13-21-26-22(32-27-21)14-30-24(28)23-17-5-1-3-7-19(17)31-20-8-4-2-6-18(20)23/h1-12,23H,13-14H2. The van der Waals surface area contributed by atoms with Crippen LogP contribution < -0.4 is 9.47 Å². The van der Waals surface area contributed by atoms with Gasteiger partial charge in [-0.25, -0.2) is 4.39 Å². The van der Waals surface area contributed by atoms with Gasteiger partial charge in [-0.1, -0.05) is 41.6 Å². The van der Waals surface area contributed by atoms with Crippen LogP contribution in [0, 0.1) is 5.82 Å². The van der Waals surface area contributed by atoms with Crippen LogP contribution in [0.2, 0.25) is 0 Å². The number of aromatic nitrogens is 2. The second kappa shape index (κ2) is 8.50. The SMILES string of the molecule is O=C(OCc1nc(COc2ccc(F)cc2)no1)C1c2ccccc2Oc2ccccc21. The molecule has 0 unspecified atom stereocenters. The molecule has 2 heterocycles. The highest BCUT2D eigenvalue weighted by molar-refractivity contribution is 5.85. The van der Waals surface area contributed by atoms with Crippen LogP contribution in [0.3, 0.4) is 0 Å². The number of fused-ring (bicyclic) bond motifs is 2. The summed E-state index contributed by atoms with van der Waals surface area (Å²) in [5.74, 6) is 0.705. The average molecular weight is 432 g/mol. The predicted octanol–water partition coefficient (Wildman–Crippen LogP) is 4.77. The smallest absolute Gasteiger partial charge is 0.318 e. The van der Waals surface area contributed by atoms with Gasteiger partial charge in [0.1, 0.15) is 29.0 Å². The molecule has 0 saturated carbocycles. The molecule has 0 bridgehead atoms. The van der Waals surface area contributed by atoms with Crippen molar-refractivity contribution in [3.63, 3.8) is 0 Å². The fourth-order valence-corrected chi connectivity index (χ4v) is 3.47. The van der Waals surface area contributed by atoms with E-state index in [4.69, 9.17) is 18.7 Å². The Kier molecular flexibility index (Phi) is 5.25. The maximum atomic E-state index is 13.0. The Labute approximate surface area is 182 Å². The molecule has 0 spiro atoms. The van der Waals surface area contributed by atoms with E-state index in [2.05, 4.69) is 10.1 Å². The van der Waals surface area contributed by atoms with E-state index in [1.54, 1.807) is 0 Å². The van der Waals surface area contributed by atoms with Crippen LogP contribution in [-0.4, -0.2) is 16.1 Å². The molecule has 7 nitrogen and oxygen atoms in total. The Morgan fingerprint density at radius 2 is 1.56 bits per heavy atom. The molecule has 5 rings (SSSR count). The van der Waals surface area contributed by atoms with Crippen molar-refractivity contribution >= 4 is 5.97 Å². The van der Waals surface area contributed by atoms with Crippen molar-refractivity contribution in [1.29, 1.82) is 0 Å². The zero-order valence-electron chi connectivity index (χ0n) is 16.7. The van der Waals surface area contributed by atoms with Crippen LogP contribution in [-0.2, 0) is 22.7 Å². The Balaban J connectivity index is 1.25. The maximum Gasteiger partial charge on any atom is 0.318 e. The van der Waals surface area contributed by atoms with Crippen molar-refractivity contribution in [2.45, 2.75) is 19.1 Å². The zero-order valence-corrected chi connectivity index (χ0v) is 16.7. The van der Waals surface area contributed by atoms with Gasteiger partial charge >= 0.3 is 5.97 Å². The molecular weight excluding hydrogens is 415 g/mol. The third-order valence-electron chi connectivity index (χ3n) is 4.95. The molecule has 0 N–H and O–H groups in total. The lowest BCUT2D eigenvalue weighted by molar-refractivity contribution is -0.146. The van der Waals surface area contributed by atoms with Gasteiger partial charge in [-0.3, -0.25) is 4.79 Å². The summed E-state index contributed by atoms with van der Waals surface area (Å²) in [6, 6.07) is 20.3. The lowest BCUT2D eigenvalue weighted by atomic mass is 9.88. The second-order valence-electron chi connectivity index (χ2n) is 7.07. The fourth-order valence-electron chi connectivity index (χ4n) is 3.47. The van der Waals surface area contributed by atoms with E-state index < -0.39 is 11.9 Å². The number of hydrogen-bond donors (Lipinski definition) is 0. The minimum Gasteiger partial charge on any atom is -0.485 e. The lowest BCUT2D eigenvalue weighted by Crippen LogP contribution is -2.21. The number of esters is 1. The first-order valence-corrected chi connectivity index (χ1v) is 9.89. The second-order valence-corrected chi connectivity index (χ2v) is 7.07. The number of halogens is 1. The van der Waals surface area contributed by atoms with Crippen LogP contribution >= 0.6 is 0 Å². The summed E-state index contributed by atoms with van der Waals surface area (Å²) in [7, 11) is 0. The molecule has 1 aliphatic rings. The summed E-state index contributed by atoms with van der Waals surface area (Å²) in [4.78, 5) is 17.2. The van der Waals surface area contributed by atoms with Crippen LogP contribution in [0.5, 0.6) is 17.2 Å². The number of benzene rings is 3. The van der Waals surface area contributed by atoms with Crippen LogP contribution in [0.4, 0.5) is 4.39 Å². The van der Waals surface area contributed by atoms with E-state index >= 15 is 0 Å². The highest BCUT2D eigenvalue weighted by Crippen LogP contribution is 2.44. The number of hydrogen-bond acceptors (Lipinski definition) is 7. The number of carbonyl (C=O) groups excluding carboxylic acids is 1. The average Bonchev–Trinajstić information content (AvgIpc) is 3.28. The van der Waals surface area contributed by atoms with E-state index in [9.17, 15) is 9.18 Å². The van der Waals surface area contributed by atoms with E-state index in [1.807, 2.05) is 48.5 Å². The normalized spacial score (nSPS) is 12.4. The molecule has 160 valence electrons. The monoisotopic (exact) mass is 432 g/mol. The van der Waals surface area contributed by atoms with Crippen LogP contribution in [0.15, 0.2) is 77.3 Å². The third kappa shape index (κ3) is 4.02. The van der Waals surface area contributed by atoms with Gasteiger partial charge < -0.3 is 18.7 Å². The van der Waals surface area contributed by atoms with Gasteiger partial charge in [-0.05, 0) is 36.4 Å². The first-order chi connectivity index (χ1) is 15.7. The summed E-state index contributed by atoms with van der Waals surface area (Å²) < 4.78 is 35.0. The van der Waals surface area contributed by atoms with Crippen LogP contribution in [0.25, 0.3) is 0 Å². The maximum absolute atomic E-state index is 13.0. The van der Waals surface area contributed by atoms with Crippen molar-refractivity contribution in [1.82, 2.24) is 10.1 Å². The molecule has 3 aromatic carbocycles. The number of nitrogens with zero attached hydrogens (tertiary/aromatic N) is 2. The molecule has 0 aliphatic carbocycles. The Morgan fingerprint density at radius 3 is 2.25 bits per heavy atom. The van der Waals surface area contributed by atoms with Crippen molar-refractivity contribution in [2.75, 3.05) is 0 Å². The van der Waals surface area contributed by atoms with Crippen molar-refractivity contribution in [2.24, 2.45) is 0 Å². The molecule has 0 amide bonds. The Morgan fingerprint density at radius 1 is 0.906 bits per heavy atom. The first kappa shape index (κ1) is 19.7. The molecule has 0 saturated heterocycles. The fraction of sp³-hybridized carbons (Fsp3) is 0.125. The molecule has 1 aliphatic heterocycles. The van der Waals surface area contributed by atoms with Crippen LogP contribution in [0.1, 0.15) is 28.8 Å². The van der Waals surface area contributed by atoms with Crippen molar-refractivity contribution in [3.8, 4) is 17.2 Å². The van der Waals surface area contributed by atoms with Gasteiger partial charge in [-0.15, -0.1) is 0 Å². The topological polar surface area (TPSA) is 83.7 Å². The van der Waals surface area contributed by atoms with Gasteiger partial charge in [0.2, 0.25) is 5.82 Å². The van der Waals surface area contributed by atoms with E-state index in [0.29, 0.717) is 17.2 Å². The highest BCUT2D eigenvalue weighted by atomic mass is 19.1. The molecule has 8 heteroatoms. The lowest BCUT2D eigenvalue weighted by Gasteiger charge is -2.26. The highest BCUT2D eigenvalue weighted by Gasteiger charge is 2.33. The first-order valence-electron chi connectivity index (χ1n) is 9.89. The molecule has 1 aromatic heterocycles. The summed E-state index contributed by atoms with van der Waals surface area (Å²) in [6.07, 6.45) is 0. The quantitative estimate of drug-likeness (QED) is 0.406. The van der Waals surface area contributed by atoms with Gasteiger partial charge in [-0.2, -0.15) is 4.98 Å². The third-order valence-corrected chi connectivity index (χ3v) is 4.95. The summed E-state index contributed by atoms with van der Waals surface area (Å²) in [5, 5.41) is 3.81. The van der Waals surface area contributed by atoms with Crippen molar-refractivity contribution in [3.05, 3.63) is 101 Å². The van der Waals surface area contributed by atoms with Crippen molar-refractivity contribution < 1.29 is 27.9 Å². The molecular formula is C24H17FN2O5. The summed E-state index contributed by atoms with van der Waals surface area (Å²) in [6.45, 7) is -0.145. The van der Waals surface area contributed by atoms with E-state index in [-0.39, 0.29) is 30.7 Å². The minimum absolute atomic E-state index is 0.0315. The predicted molar refractivity (Wildman–Crippen MR) is 110 cm³/mol. The summed E-state index contributed by atoms with van der Waals surface area (Å²) in [5.41, 5.74) is 1.46. The largest absolute Gasteiger partial charge is 0.485 e. The summed E-state index contributed by atoms with van der Waals surface area (Å²) >= 11 is 0. The zero-order chi connectivity index (χ0) is 21.9. The molecule has 32 heavy (non-hydrogen) atoms. The molecule has 0 radical (unpaired) electrons. The molecule has 0 fully saturated rings.